The van der Waals surface area contributed by atoms with Crippen molar-refractivity contribution in [2.75, 3.05) is 26.3 Å². The third kappa shape index (κ3) is 4.12. The van der Waals surface area contributed by atoms with E-state index in [1.165, 1.54) is 16.4 Å². The Bertz CT molecular complexity index is 862. The average Bonchev–Trinajstić information content (AvgIpc) is 2.69. The Morgan fingerprint density at radius 2 is 1.77 bits per heavy atom. The quantitative estimate of drug-likeness (QED) is 0.871. The van der Waals surface area contributed by atoms with Gasteiger partial charge in [-0.25, -0.2) is 8.42 Å². The van der Waals surface area contributed by atoms with Crippen LogP contribution in [0.5, 0.6) is 0 Å². The molecule has 0 spiro atoms. The Balaban J connectivity index is 1.77. The molecule has 0 unspecified atom stereocenters. The Hall–Kier alpha value is -2.22. The molecule has 1 fully saturated rings. The molecule has 2 aromatic rings. The highest BCUT2D eigenvalue weighted by atomic mass is 32.2. The number of carbonyl (C=O) groups is 1. The molecule has 0 radical (unpaired) electrons. The van der Waals surface area contributed by atoms with Crippen LogP contribution in [-0.4, -0.2) is 44.9 Å². The molecule has 1 amide bonds. The van der Waals surface area contributed by atoms with Gasteiger partial charge in [0.05, 0.1) is 24.2 Å². The van der Waals surface area contributed by atoms with Crippen LogP contribution in [0, 0.1) is 0 Å². The Labute approximate surface area is 153 Å². The van der Waals surface area contributed by atoms with Crippen LogP contribution in [0.1, 0.15) is 28.9 Å². The summed E-state index contributed by atoms with van der Waals surface area (Å²) in [5.41, 5.74) is 1.31. The highest BCUT2D eigenvalue weighted by Gasteiger charge is 2.27. The molecular weight excluding hydrogens is 352 g/mol. The van der Waals surface area contributed by atoms with Crippen LogP contribution in [0.3, 0.4) is 0 Å². The van der Waals surface area contributed by atoms with Gasteiger partial charge in [0.25, 0.3) is 5.91 Å². The highest BCUT2D eigenvalue weighted by Crippen LogP contribution is 2.19. The van der Waals surface area contributed by atoms with Crippen molar-refractivity contribution in [1.29, 1.82) is 0 Å². The first-order valence-corrected chi connectivity index (χ1v) is 9.96. The second-order valence-corrected chi connectivity index (χ2v) is 8.09. The first kappa shape index (κ1) is 18.6. The summed E-state index contributed by atoms with van der Waals surface area (Å²) in [6, 6.07) is 15.6. The molecule has 1 N–H and O–H groups in total. The van der Waals surface area contributed by atoms with Gasteiger partial charge in [-0.2, -0.15) is 4.31 Å². The fourth-order valence-corrected chi connectivity index (χ4v) is 4.29. The summed E-state index contributed by atoms with van der Waals surface area (Å²) in [4.78, 5) is 12.7. The first-order valence-electron chi connectivity index (χ1n) is 8.52. The van der Waals surface area contributed by atoms with E-state index in [4.69, 9.17) is 4.74 Å². The maximum atomic E-state index is 12.7. The molecule has 0 aromatic heterocycles. The predicted octanol–water partition coefficient (Wildman–Crippen LogP) is 2.20. The number of rotatable bonds is 5. The van der Waals surface area contributed by atoms with Gasteiger partial charge in [-0.15, -0.1) is 0 Å². The van der Waals surface area contributed by atoms with Crippen LogP contribution < -0.4 is 5.32 Å². The molecule has 1 heterocycles. The van der Waals surface area contributed by atoms with E-state index in [2.05, 4.69) is 5.32 Å². The van der Waals surface area contributed by atoms with Crippen molar-refractivity contribution in [2.45, 2.75) is 17.9 Å². The van der Waals surface area contributed by atoms with Crippen LogP contribution in [0.15, 0.2) is 59.5 Å². The number of nitrogens with zero attached hydrogens (tertiary/aromatic N) is 1. The topological polar surface area (TPSA) is 75.7 Å². The molecule has 7 heteroatoms. The third-order valence-corrected chi connectivity index (χ3v) is 6.25. The minimum atomic E-state index is -3.63. The maximum absolute atomic E-state index is 12.7. The Morgan fingerprint density at radius 3 is 2.46 bits per heavy atom. The summed E-state index contributed by atoms with van der Waals surface area (Å²) < 4.78 is 32.1. The highest BCUT2D eigenvalue weighted by molar-refractivity contribution is 7.89. The maximum Gasteiger partial charge on any atom is 0.251 e. The van der Waals surface area contributed by atoms with Crippen LogP contribution in [0.2, 0.25) is 0 Å². The zero-order valence-electron chi connectivity index (χ0n) is 14.6. The summed E-state index contributed by atoms with van der Waals surface area (Å²) in [5, 5.41) is 2.90. The van der Waals surface area contributed by atoms with Gasteiger partial charge in [0.15, 0.2) is 0 Å². The van der Waals surface area contributed by atoms with E-state index in [-0.39, 0.29) is 16.8 Å². The number of benzene rings is 2. The van der Waals surface area contributed by atoms with Gasteiger partial charge in [-0.1, -0.05) is 36.4 Å². The normalized spacial score (nSPS) is 16.8. The number of hydrogen-bond donors (Lipinski definition) is 1. The van der Waals surface area contributed by atoms with Crippen LogP contribution in [0.25, 0.3) is 0 Å². The lowest BCUT2D eigenvalue weighted by molar-refractivity contribution is 0.0730. The third-order valence-electron chi connectivity index (χ3n) is 4.35. The van der Waals surface area contributed by atoms with E-state index in [1.807, 2.05) is 37.3 Å². The molecule has 6 nitrogen and oxygen atoms in total. The molecule has 1 aliphatic heterocycles. The van der Waals surface area contributed by atoms with Crippen molar-refractivity contribution in [1.82, 2.24) is 9.62 Å². The molecule has 2 aromatic carbocycles. The van der Waals surface area contributed by atoms with Gasteiger partial charge < -0.3 is 10.1 Å². The molecule has 3 rings (SSSR count). The number of nitrogens with one attached hydrogen (secondary N) is 1. The van der Waals surface area contributed by atoms with E-state index in [0.29, 0.717) is 31.9 Å². The fraction of sp³-hybridized carbons (Fsp3) is 0.316. The van der Waals surface area contributed by atoms with Crippen molar-refractivity contribution in [3.8, 4) is 0 Å². The monoisotopic (exact) mass is 374 g/mol. The molecule has 26 heavy (non-hydrogen) atoms. The van der Waals surface area contributed by atoms with Crippen molar-refractivity contribution < 1.29 is 17.9 Å². The van der Waals surface area contributed by atoms with Gasteiger partial charge in [0.1, 0.15) is 0 Å². The van der Waals surface area contributed by atoms with Crippen LogP contribution in [-0.2, 0) is 14.8 Å². The van der Waals surface area contributed by atoms with Crippen molar-refractivity contribution in [3.05, 3.63) is 65.7 Å². The molecule has 1 atom stereocenters. The van der Waals surface area contributed by atoms with E-state index in [0.717, 1.165) is 5.56 Å². The van der Waals surface area contributed by atoms with Crippen molar-refractivity contribution in [2.24, 2.45) is 0 Å². The van der Waals surface area contributed by atoms with E-state index in [1.54, 1.807) is 12.1 Å². The van der Waals surface area contributed by atoms with Gasteiger partial charge in [-0.3, -0.25) is 4.79 Å². The lowest BCUT2D eigenvalue weighted by Crippen LogP contribution is -2.40. The number of ether oxygens (including phenoxy) is 1. The largest absolute Gasteiger partial charge is 0.379 e. The van der Waals surface area contributed by atoms with Gasteiger partial charge in [-0.05, 0) is 30.7 Å². The lowest BCUT2D eigenvalue weighted by atomic mass is 10.1. The Morgan fingerprint density at radius 1 is 1.08 bits per heavy atom. The molecule has 0 aliphatic carbocycles. The summed E-state index contributed by atoms with van der Waals surface area (Å²) in [6.45, 7) is 3.30. The summed E-state index contributed by atoms with van der Waals surface area (Å²) in [7, 11) is -3.63. The Kier molecular flexibility index (Phi) is 5.70. The minimum absolute atomic E-state index is 0.124. The summed E-state index contributed by atoms with van der Waals surface area (Å²) in [5.74, 6) is -0.305. The van der Waals surface area contributed by atoms with Crippen LogP contribution in [0.4, 0.5) is 0 Å². The first-order chi connectivity index (χ1) is 12.5. The van der Waals surface area contributed by atoms with Gasteiger partial charge in [0, 0.05) is 18.7 Å². The van der Waals surface area contributed by atoms with Gasteiger partial charge in [0.2, 0.25) is 10.0 Å². The zero-order chi connectivity index (χ0) is 18.6. The molecule has 0 saturated carbocycles. The fourth-order valence-electron chi connectivity index (χ4n) is 2.84. The van der Waals surface area contributed by atoms with Crippen molar-refractivity contribution >= 4 is 15.9 Å². The predicted molar refractivity (Wildman–Crippen MR) is 98.3 cm³/mol. The number of sulfonamides is 1. The SMILES string of the molecule is C[C@@H](NC(=O)c1cccc(S(=O)(=O)N2CCOCC2)c1)c1ccccc1. The van der Waals surface area contributed by atoms with E-state index < -0.39 is 10.0 Å². The minimum Gasteiger partial charge on any atom is -0.379 e. The lowest BCUT2D eigenvalue weighted by Gasteiger charge is -2.26. The second-order valence-electron chi connectivity index (χ2n) is 6.15. The van der Waals surface area contributed by atoms with E-state index >= 15 is 0 Å². The smallest absolute Gasteiger partial charge is 0.251 e. The van der Waals surface area contributed by atoms with Gasteiger partial charge >= 0.3 is 0 Å². The summed E-state index contributed by atoms with van der Waals surface area (Å²) >= 11 is 0. The number of carbonyl (C=O) groups excluding carboxylic acids is 1. The average molecular weight is 374 g/mol. The number of hydrogen-bond acceptors (Lipinski definition) is 4. The second kappa shape index (κ2) is 7.99. The standard InChI is InChI=1S/C19H22N2O4S/c1-15(16-6-3-2-4-7-16)20-19(22)17-8-5-9-18(14-17)26(23,24)21-10-12-25-13-11-21/h2-9,14-15H,10-13H2,1H3,(H,20,22)/t15-/m1/s1. The zero-order valence-corrected chi connectivity index (χ0v) is 15.4. The summed E-state index contributed by atoms with van der Waals surface area (Å²) in [6.07, 6.45) is 0. The molecule has 0 bridgehead atoms. The van der Waals surface area contributed by atoms with E-state index in [9.17, 15) is 13.2 Å². The molecule has 138 valence electrons. The molecule has 1 aliphatic rings. The molecule has 1 saturated heterocycles. The number of morpholine rings is 1. The molecular formula is C19H22N2O4S. The van der Waals surface area contributed by atoms with Crippen LogP contribution >= 0.6 is 0 Å². The number of amides is 1. The van der Waals surface area contributed by atoms with Crippen molar-refractivity contribution in [3.63, 3.8) is 0 Å².